The van der Waals surface area contributed by atoms with Gasteiger partial charge in [0.1, 0.15) is 12.2 Å². The van der Waals surface area contributed by atoms with Crippen molar-refractivity contribution in [1.82, 2.24) is 0 Å². The van der Waals surface area contributed by atoms with Crippen molar-refractivity contribution in [3.8, 4) is 0 Å². The monoisotopic (exact) mass is 345 g/mol. The number of carbonyl (C=O) groups excluding carboxylic acids is 1. The van der Waals surface area contributed by atoms with E-state index in [1.807, 2.05) is 18.2 Å². The lowest BCUT2D eigenvalue weighted by atomic mass is 9.95. The fourth-order valence-electron chi connectivity index (χ4n) is 2.31. The van der Waals surface area contributed by atoms with E-state index < -0.39 is 11.7 Å². The van der Waals surface area contributed by atoms with Crippen molar-refractivity contribution in [1.29, 1.82) is 0 Å². The third-order valence-corrected chi connectivity index (χ3v) is 3.78. The highest BCUT2D eigenvalue weighted by Gasteiger charge is 2.27. The van der Waals surface area contributed by atoms with Crippen LogP contribution in [0.15, 0.2) is 54.6 Å². The molecule has 0 aliphatic rings. The Morgan fingerprint density at radius 2 is 1.76 bits per heavy atom. The molecule has 0 bridgehead atoms. The van der Waals surface area contributed by atoms with Crippen molar-refractivity contribution in [3.05, 3.63) is 65.7 Å². The summed E-state index contributed by atoms with van der Waals surface area (Å²) in [6.07, 6.45) is -0.122. The topological polar surface area (TPSA) is 79.2 Å². The molecule has 1 amide bonds. The maximum atomic E-state index is 12.0. The number of anilines is 1. The van der Waals surface area contributed by atoms with Gasteiger partial charge in [-0.2, -0.15) is 5.06 Å². The summed E-state index contributed by atoms with van der Waals surface area (Å²) in [6, 6.07) is 16.0. The summed E-state index contributed by atoms with van der Waals surface area (Å²) in [7, 11) is 1.26. The lowest BCUT2D eigenvalue weighted by Crippen LogP contribution is -2.37. The molecule has 25 heavy (non-hydrogen) atoms. The first-order valence-corrected chi connectivity index (χ1v) is 7.96. The van der Waals surface area contributed by atoms with Crippen molar-refractivity contribution in [2.45, 2.75) is 18.9 Å². The van der Waals surface area contributed by atoms with Crippen LogP contribution in [0.3, 0.4) is 0 Å². The molecule has 1 atom stereocenters. The standard InChI is InChI=1S/C19H23NO5/c1-19(23,16-10-8-15(9-11-16)12-13-21)14-25-20(18(22)24-2)17-6-4-3-5-7-17/h3-11,21,23H,12-14H2,1-2H3. The predicted octanol–water partition coefficient (Wildman–Crippen LogP) is 2.63. The second-order valence-corrected chi connectivity index (χ2v) is 5.82. The molecule has 0 heterocycles. The molecule has 0 aliphatic heterocycles. The zero-order valence-electron chi connectivity index (χ0n) is 14.4. The van der Waals surface area contributed by atoms with E-state index in [0.29, 0.717) is 17.7 Å². The molecule has 0 aromatic heterocycles. The van der Waals surface area contributed by atoms with Crippen molar-refractivity contribution in [2.24, 2.45) is 0 Å². The van der Waals surface area contributed by atoms with Crippen molar-refractivity contribution < 1.29 is 24.6 Å². The number of ether oxygens (including phenoxy) is 1. The molecule has 134 valence electrons. The number of rotatable bonds is 7. The van der Waals surface area contributed by atoms with Gasteiger partial charge in [0.25, 0.3) is 0 Å². The molecule has 6 nitrogen and oxygen atoms in total. The van der Waals surface area contributed by atoms with Crippen LogP contribution in [0.4, 0.5) is 10.5 Å². The number of aliphatic hydroxyl groups is 2. The van der Waals surface area contributed by atoms with Gasteiger partial charge < -0.3 is 14.9 Å². The van der Waals surface area contributed by atoms with Gasteiger partial charge in [-0.05, 0) is 36.6 Å². The van der Waals surface area contributed by atoms with Gasteiger partial charge >= 0.3 is 6.09 Å². The molecule has 2 N–H and O–H groups in total. The zero-order chi connectivity index (χ0) is 18.3. The summed E-state index contributed by atoms with van der Waals surface area (Å²) in [5.41, 5.74) is 0.817. The van der Waals surface area contributed by atoms with Crippen LogP contribution in [0.5, 0.6) is 0 Å². The summed E-state index contributed by atoms with van der Waals surface area (Å²) >= 11 is 0. The van der Waals surface area contributed by atoms with Crippen LogP contribution in [-0.4, -0.2) is 36.6 Å². The molecule has 0 fully saturated rings. The van der Waals surface area contributed by atoms with Gasteiger partial charge in [0.15, 0.2) is 0 Å². The highest BCUT2D eigenvalue weighted by atomic mass is 16.7. The van der Waals surface area contributed by atoms with Crippen LogP contribution in [0, 0.1) is 0 Å². The van der Waals surface area contributed by atoms with E-state index >= 15 is 0 Å². The summed E-state index contributed by atoms with van der Waals surface area (Å²) in [6.45, 7) is 1.54. The van der Waals surface area contributed by atoms with Gasteiger partial charge in [-0.3, -0.25) is 4.84 Å². The number of amides is 1. The van der Waals surface area contributed by atoms with Gasteiger partial charge in [0.2, 0.25) is 0 Å². The minimum atomic E-state index is -1.31. The summed E-state index contributed by atoms with van der Waals surface area (Å²) < 4.78 is 4.74. The third kappa shape index (κ3) is 5.03. The number of hydroxylamine groups is 1. The largest absolute Gasteiger partial charge is 0.451 e. The Bertz CT molecular complexity index is 670. The number of hydrogen-bond donors (Lipinski definition) is 2. The Morgan fingerprint density at radius 3 is 2.32 bits per heavy atom. The first kappa shape index (κ1) is 18.9. The van der Waals surface area contributed by atoms with Gasteiger partial charge in [-0.25, -0.2) is 4.79 Å². The average Bonchev–Trinajstić information content (AvgIpc) is 2.63. The number of carbonyl (C=O) groups is 1. The Kier molecular flexibility index (Phi) is 6.52. The van der Waals surface area contributed by atoms with Gasteiger partial charge in [0.05, 0.1) is 12.8 Å². The van der Waals surface area contributed by atoms with Crippen LogP contribution >= 0.6 is 0 Å². The highest BCUT2D eigenvalue weighted by molar-refractivity contribution is 5.85. The Labute approximate surface area is 147 Å². The van der Waals surface area contributed by atoms with Gasteiger partial charge in [0, 0.05) is 6.61 Å². The van der Waals surface area contributed by atoms with Crippen LogP contribution in [0.1, 0.15) is 18.1 Å². The van der Waals surface area contributed by atoms with Crippen LogP contribution in [0.25, 0.3) is 0 Å². The molecule has 2 rings (SSSR count). The van der Waals surface area contributed by atoms with Crippen molar-refractivity contribution in [2.75, 3.05) is 25.4 Å². The Balaban J connectivity index is 2.11. The molecule has 0 saturated heterocycles. The Morgan fingerprint density at radius 1 is 1.12 bits per heavy atom. The maximum Gasteiger partial charge on any atom is 0.438 e. The van der Waals surface area contributed by atoms with Crippen LogP contribution in [0.2, 0.25) is 0 Å². The zero-order valence-corrected chi connectivity index (χ0v) is 14.4. The number of benzene rings is 2. The molecular formula is C19H23NO5. The van der Waals surface area contributed by atoms with Crippen LogP contribution in [-0.2, 0) is 21.6 Å². The second kappa shape index (κ2) is 8.62. The molecule has 2 aromatic rings. The molecule has 6 heteroatoms. The molecule has 0 saturated carbocycles. The fourth-order valence-corrected chi connectivity index (χ4v) is 2.31. The number of methoxy groups -OCH3 is 1. The highest BCUT2D eigenvalue weighted by Crippen LogP contribution is 2.24. The lowest BCUT2D eigenvalue weighted by molar-refractivity contribution is -0.0436. The molecule has 1 unspecified atom stereocenters. The smallest absolute Gasteiger partial charge is 0.438 e. The number of para-hydroxylation sites is 1. The molecule has 0 aliphatic carbocycles. The van der Waals surface area contributed by atoms with Gasteiger partial charge in [-0.15, -0.1) is 0 Å². The van der Waals surface area contributed by atoms with Gasteiger partial charge in [-0.1, -0.05) is 42.5 Å². The van der Waals surface area contributed by atoms with Crippen LogP contribution < -0.4 is 5.06 Å². The molecular weight excluding hydrogens is 322 g/mol. The SMILES string of the molecule is COC(=O)N(OCC(C)(O)c1ccc(CCO)cc1)c1ccccc1. The normalized spacial score (nSPS) is 13.1. The van der Waals surface area contributed by atoms with E-state index in [-0.39, 0.29) is 13.2 Å². The molecule has 0 radical (unpaired) electrons. The van der Waals surface area contributed by atoms with E-state index in [1.165, 1.54) is 7.11 Å². The summed E-state index contributed by atoms with van der Waals surface area (Å²) in [5.74, 6) is 0. The maximum absolute atomic E-state index is 12.0. The van der Waals surface area contributed by atoms with E-state index in [1.54, 1.807) is 43.3 Å². The number of aliphatic hydroxyl groups excluding tert-OH is 1. The van der Waals surface area contributed by atoms with E-state index in [4.69, 9.17) is 14.7 Å². The summed E-state index contributed by atoms with van der Waals surface area (Å²) in [4.78, 5) is 17.5. The average molecular weight is 345 g/mol. The minimum absolute atomic E-state index is 0.0734. The van der Waals surface area contributed by atoms with E-state index in [2.05, 4.69) is 0 Å². The van der Waals surface area contributed by atoms with Crippen molar-refractivity contribution in [3.63, 3.8) is 0 Å². The second-order valence-electron chi connectivity index (χ2n) is 5.82. The first-order chi connectivity index (χ1) is 12.0. The predicted molar refractivity (Wildman–Crippen MR) is 94.1 cm³/mol. The third-order valence-electron chi connectivity index (χ3n) is 3.78. The minimum Gasteiger partial charge on any atom is -0.451 e. The number of nitrogens with zero attached hydrogens (tertiary/aromatic N) is 1. The molecule has 2 aromatic carbocycles. The summed E-state index contributed by atoms with van der Waals surface area (Å²) in [5, 5.41) is 20.7. The molecule has 0 spiro atoms. The quantitative estimate of drug-likeness (QED) is 0.754. The Hall–Kier alpha value is -2.41. The number of hydrogen-bond acceptors (Lipinski definition) is 5. The lowest BCUT2D eigenvalue weighted by Gasteiger charge is -2.28. The first-order valence-electron chi connectivity index (χ1n) is 7.96. The fraction of sp³-hybridized carbons (Fsp3) is 0.316. The van der Waals surface area contributed by atoms with Crippen molar-refractivity contribution >= 4 is 11.8 Å². The van der Waals surface area contributed by atoms with E-state index in [0.717, 1.165) is 10.6 Å². The van der Waals surface area contributed by atoms with E-state index in [9.17, 15) is 9.90 Å².